The van der Waals surface area contributed by atoms with Gasteiger partial charge in [0.25, 0.3) is 0 Å². The van der Waals surface area contributed by atoms with Crippen LogP contribution < -0.4 is 5.32 Å². The molecule has 2 heterocycles. The number of nitrogens with zero attached hydrogens (tertiary/aromatic N) is 3. The van der Waals surface area contributed by atoms with Crippen molar-refractivity contribution in [3.63, 3.8) is 0 Å². The number of ether oxygens (including phenoxy) is 1. The Balaban J connectivity index is 1.61. The van der Waals surface area contributed by atoms with Crippen LogP contribution in [0.4, 0.5) is 29.6 Å². The first-order valence-corrected chi connectivity index (χ1v) is 13.0. The van der Waals surface area contributed by atoms with Crippen molar-refractivity contribution < 1.29 is 32.6 Å². The van der Waals surface area contributed by atoms with Gasteiger partial charge in [-0.15, -0.1) is 0 Å². The molecule has 0 aliphatic carbocycles. The Kier molecular flexibility index (Phi) is 8.91. The van der Waals surface area contributed by atoms with E-state index >= 15 is 0 Å². The SMILES string of the molecule is COC(=O)C(C)C(Cc1ccccc1)c1nc(Nc2ccc(C3CCN(C(=O)O)CC3)cc2)ncc1C(F)(F)F. The van der Waals surface area contributed by atoms with Gasteiger partial charge in [-0.25, -0.2) is 14.8 Å². The molecule has 0 radical (unpaired) electrons. The number of amides is 1. The summed E-state index contributed by atoms with van der Waals surface area (Å²) in [6.45, 7) is 2.47. The van der Waals surface area contributed by atoms with E-state index < -0.39 is 35.6 Å². The first kappa shape index (κ1) is 28.8. The maximum atomic E-state index is 14.1. The van der Waals surface area contributed by atoms with Gasteiger partial charge in [-0.05, 0) is 48.4 Å². The number of hydrogen-bond donors (Lipinski definition) is 2. The van der Waals surface area contributed by atoms with Gasteiger partial charge in [-0.1, -0.05) is 49.4 Å². The summed E-state index contributed by atoms with van der Waals surface area (Å²) in [5.41, 5.74) is 1.11. The number of carbonyl (C=O) groups is 2. The van der Waals surface area contributed by atoms with E-state index in [0.717, 1.165) is 17.3 Å². The molecule has 8 nitrogen and oxygen atoms in total. The topological polar surface area (TPSA) is 105 Å². The number of benzene rings is 2. The number of likely N-dealkylation sites (tertiary alicyclic amines) is 1. The number of hydrogen-bond acceptors (Lipinski definition) is 6. The summed E-state index contributed by atoms with van der Waals surface area (Å²) in [7, 11) is 1.20. The molecule has 2 atom stereocenters. The van der Waals surface area contributed by atoms with Crippen LogP contribution in [-0.2, 0) is 22.1 Å². The number of nitrogens with one attached hydrogen (secondary N) is 1. The standard InChI is InChI=1S/C29H31F3N4O4/c1-18(26(37)40-2)23(16-19-6-4-3-5-7-19)25-24(29(30,31)32)17-33-27(35-25)34-22-10-8-20(9-11-22)21-12-14-36(15-13-21)28(38)39/h3-11,17-18,21,23H,12-16H2,1-2H3,(H,38,39)(H,33,34,35). The van der Waals surface area contributed by atoms with Crippen LogP contribution >= 0.6 is 0 Å². The minimum Gasteiger partial charge on any atom is -0.469 e. The summed E-state index contributed by atoms with van der Waals surface area (Å²) in [6, 6.07) is 16.3. The largest absolute Gasteiger partial charge is 0.469 e. The molecule has 11 heteroatoms. The van der Waals surface area contributed by atoms with E-state index in [2.05, 4.69) is 15.3 Å². The smallest absolute Gasteiger partial charge is 0.419 e. The third-order valence-corrected chi connectivity index (χ3v) is 7.35. The molecule has 1 saturated heterocycles. The number of aromatic nitrogens is 2. The Morgan fingerprint density at radius 2 is 1.75 bits per heavy atom. The summed E-state index contributed by atoms with van der Waals surface area (Å²) in [5, 5.41) is 12.1. The highest BCUT2D eigenvalue weighted by Crippen LogP contribution is 2.39. The molecular formula is C29H31F3N4O4. The zero-order valence-corrected chi connectivity index (χ0v) is 22.2. The van der Waals surface area contributed by atoms with Crippen molar-refractivity contribution in [3.05, 3.63) is 83.2 Å². The quantitative estimate of drug-likeness (QED) is 0.317. The molecule has 1 fully saturated rings. The van der Waals surface area contributed by atoms with E-state index in [9.17, 15) is 22.8 Å². The molecule has 2 N–H and O–H groups in total. The first-order valence-electron chi connectivity index (χ1n) is 13.0. The number of alkyl halides is 3. The van der Waals surface area contributed by atoms with Gasteiger partial charge in [0, 0.05) is 30.9 Å². The number of methoxy groups -OCH3 is 1. The highest BCUT2D eigenvalue weighted by Gasteiger charge is 2.40. The van der Waals surface area contributed by atoms with Crippen LogP contribution in [0.1, 0.15) is 54.0 Å². The zero-order chi connectivity index (χ0) is 28.9. The lowest BCUT2D eigenvalue weighted by Crippen LogP contribution is -2.36. The van der Waals surface area contributed by atoms with E-state index in [0.29, 0.717) is 31.6 Å². The molecule has 40 heavy (non-hydrogen) atoms. The predicted molar refractivity (Wildman–Crippen MR) is 142 cm³/mol. The van der Waals surface area contributed by atoms with Crippen LogP contribution in [-0.4, -0.2) is 52.2 Å². The molecule has 0 saturated carbocycles. The number of piperidine rings is 1. The molecule has 1 aliphatic rings. The van der Waals surface area contributed by atoms with Crippen molar-refractivity contribution in [3.8, 4) is 0 Å². The predicted octanol–water partition coefficient (Wildman–Crippen LogP) is 6.23. The molecule has 212 valence electrons. The lowest BCUT2D eigenvalue weighted by atomic mass is 9.83. The molecular weight excluding hydrogens is 525 g/mol. The Labute approximate surface area is 230 Å². The molecule has 0 spiro atoms. The van der Waals surface area contributed by atoms with Gasteiger partial charge in [-0.3, -0.25) is 4.79 Å². The average molecular weight is 557 g/mol. The molecule has 1 aliphatic heterocycles. The van der Waals surface area contributed by atoms with Crippen LogP contribution in [0.25, 0.3) is 0 Å². The first-order chi connectivity index (χ1) is 19.1. The van der Waals surface area contributed by atoms with Crippen molar-refractivity contribution >= 4 is 23.7 Å². The number of carboxylic acid groups (broad SMARTS) is 1. The van der Waals surface area contributed by atoms with Crippen molar-refractivity contribution in [2.45, 2.75) is 44.2 Å². The fraction of sp³-hybridized carbons (Fsp3) is 0.379. The number of halogens is 3. The van der Waals surface area contributed by atoms with Gasteiger partial charge in [0.2, 0.25) is 5.95 Å². The average Bonchev–Trinajstić information content (AvgIpc) is 2.95. The lowest BCUT2D eigenvalue weighted by Gasteiger charge is -2.30. The maximum Gasteiger partial charge on any atom is 0.419 e. The molecule has 3 aromatic rings. The van der Waals surface area contributed by atoms with E-state index in [1.54, 1.807) is 42.5 Å². The summed E-state index contributed by atoms with van der Waals surface area (Å²) in [5.74, 6) is -2.26. The van der Waals surface area contributed by atoms with E-state index in [1.807, 2.05) is 12.1 Å². The fourth-order valence-electron chi connectivity index (χ4n) is 5.06. The highest BCUT2D eigenvalue weighted by atomic mass is 19.4. The molecule has 2 aromatic carbocycles. The summed E-state index contributed by atoms with van der Waals surface area (Å²) in [4.78, 5) is 33.3. The van der Waals surface area contributed by atoms with Crippen LogP contribution in [0.5, 0.6) is 0 Å². The maximum absolute atomic E-state index is 14.1. The van der Waals surface area contributed by atoms with Crippen molar-refractivity contribution in [1.29, 1.82) is 0 Å². The van der Waals surface area contributed by atoms with Crippen LogP contribution in [0.2, 0.25) is 0 Å². The van der Waals surface area contributed by atoms with Gasteiger partial charge in [0.15, 0.2) is 0 Å². The second-order valence-electron chi connectivity index (χ2n) is 9.89. The minimum atomic E-state index is -4.73. The Morgan fingerprint density at radius 1 is 1.10 bits per heavy atom. The van der Waals surface area contributed by atoms with Crippen LogP contribution in [0.3, 0.4) is 0 Å². The third-order valence-electron chi connectivity index (χ3n) is 7.35. The molecule has 2 unspecified atom stereocenters. The second kappa shape index (κ2) is 12.4. The normalized spacial score (nSPS) is 15.8. The van der Waals surface area contributed by atoms with Gasteiger partial charge in [0.05, 0.1) is 24.3 Å². The molecule has 4 rings (SSSR count). The van der Waals surface area contributed by atoms with Crippen LogP contribution in [0.15, 0.2) is 60.8 Å². The molecule has 1 amide bonds. The number of rotatable bonds is 8. The van der Waals surface area contributed by atoms with Gasteiger partial charge >= 0.3 is 18.2 Å². The summed E-state index contributed by atoms with van der Waals surface area (Å²) < 4.78 is 47.1. The fourth-order valence-corrected chi connectivity index (χ4v) is 5.06. The van der Waals surface area contributed by atoms with Crippen LogP contribution in [0, 0.1) is 5.92 Å². The number of anilines is 2. The van der Waals surface area contributed by atoms with E-state index in [1.165, 1.54) is 18.9 Å². The van der Waals surface area contributed by atoms with Crippen molar-refractivity contribution in [1.82, 2.24) is 14.9 Å². The summed E-state index contributed by atoms with van der Waals surface area (Å²) in [6.07, 6.45) is -3.32. The Bertz CT molecular complexity index is 1310. The minimum absolute atomic E-state index is 0.0272. The molecule has 0 bridgehead atoms. The van der Waals surface area contributed by atoms with Gasteiger partial charge < -0.3 is 20.1 Å². The number of esters is 1. The third kappa shape index (κ3) is 6.88. The summed E-state index contributed by atoms with van der Waals surface area (Å²) >= 11 is 0. The second-order valence-corrected chi connectivity index (χ2v) is 9.89. The van der Waals surface area contributed by atoms with E-state index in [-0.39, 0.29) is 24.0 Å². The Hall–Kier alpha value is -4.15. The Morgan fingerprint density at radius 3 is 2.33 bits per heavy atom. The van der Waals surface area contributed by atoms with E-state index in [4.69, 9.17) is 9.84 Å². The lowest BCUT2D eigenvalue weighted by molar-refractivity contribution is -0.147. The number of carbonyl (C=O) groups excluding carboxylic acids is 1. The van der Waals surface area contributed by atoms with Gasteiger partial charge in [0.1, 0.15) is 0 Å². The highest BCUT2D eigenvalue weighted by molar-refractivity contribution is 5.73. The monoisotopic (exact) mass is 556 g/mol. The molecule has 1 aromatic heterocycles. The van der Waals surface area contributed by atoms with Crippen molar-refractivity contribution in [2.75, 3.05) is 25.5 Å². The zero-order valence-electron chi connectivity index (χ0n) is 22.2. The van der Waals surface area contributed by atoms with Crippen molar-refractivity contribution in [2.24, 2.45) is 5.92 Å². The van der Waals surface area contributed by atoms with Gasteiger partial charge in [-0.2, -0.15) is 13.2 Å².